The van der Waals surface area contributed by atoms with Gasteiger partial charge in [0.05, 0.1) is 16.8 Å². The summed E-state index contributed by atoms with van der Waals surface area (Å²) >= 11 is 0. The maximum atomic E-state index is 6.73. The zero-order valence-electron chi connectivity index (χ0n) is 27.5. The second kappa shape index (κ2) is 10.6. The molecule has 2 aliphatic rings. The smallest absolute Gasteiger partial charge is 0.139 e. The summed E-state index contributed by atoms with van der Waals surface area (Å²) in [4.78, 5) is 5.22. The Morgan fingerprint density at radius 3 is 1.69 bits per heavy atom. The van der Waals surface area contributed by atoms with E-state index in [1.807, 2.05) is 6.07 Å². The first kappa shape index (κ1) is 28.2. The van der Waals surface area contributed by atoms with E-state index in [1.165, 1.54) is 22.3 Å². The quantitative estimate of drug-likeness (QED) is 0.191. The zero-order valence-corrected chi connectivity index (χ0v) is 27.5. The molecule has 0 saturated carbocycles. The summed E-state index contributed by atoms with van der Waals surface area (Å²) in [5.41, 5.74) is 14.7. The van der Waals surface area contributed by atoms with E-state index in [-0.39, 0.29) is 0 Å². The number of pyridine rings is 1. The molecule has 0 atom stereocenters. The van der Waals surface area contributed by atoms with Gasteiger partial charge in [0.2, 0.25) is 0 Å². The lowest BCUT2D eigenvalue weighted by molar-refractivity contribution is 0.436. The van der Waals surface area contributed by atoms with Crippen molar-refractivity contribution in [3.8, 4) is 56.3 Å². The monoisotopic (exact) mass is 651 g/mol. The van der Waals surface area contributed by atoms with Crippen LogP contribution >= 0.6 is 0 Å². The van der Waals surface area contributed by atoms with Crippen LogP contribution in [0.5, 0.6) is 11.5 Å². The number of fused-ring (bicyclic) bond motifs is 12. The Morgan fingerprint density at radius 2 is 0.961 bits per heavy atom. The molecule has 0 unspecified atom stereocenters. The van der Waals surface area contributed by atoms with Crippen LogP contribution < -0.4 is 4.74 Å². The molecule has 1 aliphatic heterocycles. The van der Waals surface area contributed by atoms with Crippen molar-refractivity contribution in [2.75, 3.05) is 0 Å². The van der Waals surface area contributed by atoms with Gasteiger partial charge in [-0.05, 0) is 75.8 Å². The van der Waals surface area contributed by atoms with Crippen molar-refractivity contribution in [3.05, 3.63) is 198 Å². The molecule has 3 heterocycles. The van der Waals surface area contributed by atoms with Gasteiger partial charge < -0.3 is 9.15 Å². The molecule has 11 rings (SSSR count). The lowest BCUT2D eigenvalue weighted by atomic mass is 9.66. The average Bonchev–Trinajstić information content (AvgIpc) is 3.70. The topological polar surface area (TPSA) is 35.3 Å². The number of ether oxygens (including phenoxy) is 1. The van der Waals surface area contributed by atoms with Crippen molar-refractivity contribution in [1.29, 1.82) is 0 Å². The summed E-state index contributed by atoms with van der Waals surface area (Å²) in [6.45, 7) is 0. The van der Waals surface area contributed by atoms with E-state index < -0.39 is 5.41 Å². The third-order valence-corrected chi connectivity index (χ3v) is 10.7. The number of hydrogen-bond donors (Lipinski definition) is 0. The number of para-hydroxylation sites is 1. The molecular formula is C48H29NO2. The number of furan rings is 1. The number of aromatic nitrogens is 1. The fourth-order valence-electron chi connectivity index (χ4n) is 8.52. The van der Waals surface area contributed by atoms with Gasteiger partial charge in [-0.15, -0.1) is 0 Å². The zero-order chi connectivity index (χ0) is 33.5. The average molecular weight is 652 g/mol. The molecule has 2 aromatic heterocycles. The fraction of sp³-hybridized carbons (Fsp3) is 0.0208. The fourth-order valence-corrected chi connectivity index (χ4v) is 8.52. The van der Waals surface area contributed by atoms with Crippen molar-refractivity contribution in [3.63, 3.8) is 0 Å². The number of nitrogens with zero attached hydrogens (tertiary/aromatic N) is 1. The molecule has 1 aliphatic carbocycles. The molecule has 0 saturated heterocycles. The van der Waals surface area contributed by atoms with E-state index in [9.17, 15) is 0 Å². The van der Waals surface area contributed by atoms with Crippen molar-refractivity contribution < 1.29 is 9.15 Å². The lowest BCUT2D eigenvalue weighted by Gasteiger charge is -2.39. The highest BCUT2D eigenvalue weighted by molar-refractivity contribution is 6.08. The summed E-state index contributed by atoms with van der Waals surface area (Å²) in [5.74, 6) is 1.68. The Balaban J connectivity index is 1.16. The first-order valence-electron chi connectivity index (χ1n) is 17.4. The third kappa shape index (κ3) is 4.03. The minimum atomic E-state index is -0.539. The van der Waals surface area contributed by atoms with Gasteiger partial charge >= 0.3 is 0 Å². The summed E-state index contributed by atoms with van der Waals surface area (Å²) in [6, 6.07) is 62.3. The van der Waals surface area contributed by atoms with Crippen LogP contribution in [0.15, 0.2) is 180 Å². The third-order valence-electron chi connectivity index (χ3n) is 10.7. The van der Waals surface area contributed by atoms with Crippen molar-refractivity contribution in [2.24, 2.45) is 0 Å². The number of hydrogen-bond acceptors (Lipinski definition) is 3. The van der Waals surface area contributed by atoms with Gasteiger partial charge in [0, 0.05) is 39.1 Å². The molecule has 238 valence electrons. The van der Waals surface area contributed by atoms with E-state index >= 15 is 0 Å². The van der Waals surface area contributed by atoms with Gasteiger partial charge in [-0.3, -0.25) is 0 Å². The molecule has 0 fully saturated rings. The molecule has 9 aromatic rings. The Kier molecular flexibility index (Phi) is 5.88. The Hall–Kier alpha value is -6.71. The second-order valence-corrected chi connectivity index (χ2v) is 13.5. The standard InChI is InChI=1S/C48H29NO2/c1-3-13-30(14-4-1)33-26-42(31-15-5-2-6-16-31)49-43(27-33)32-23-24-44-36(25-32)37-28-41-47(29-46(37)50-44)51-45-22-12-11-21-40(45)48(41)38-19-9-7-17-34(38)35-18-8-10-20-39(35)48/h1-29H. The van der Waals surface area contributed by atoms with Crippen molar-refractivity contribution in [1.82, 2.24) is 4.98 Å². The number of benzene rings is 7. The van der Waals surface area contributed by atoms with Gasteiger partial charge in [0.1, 0.15) is 22.7 Å². The maximum Gasteiger partial charge on any atom is 0.139 e. The van der Waals surface area contributed by atoms with Gasteiger partial charge in [-0.2, -0.15) is 0 Å². The lowest BCUT2D eigenvalue weighted by Crippen LogP contribution is -2.32. The molecule has 3 nitrogen and oxygen atoms in total. The van der Waals surface area contributed by atoms with E-state index in [4.69, 9.17) is 14.1 Å². The molecule has 0 amide bonds. The highest BCUT2D eigenvalue weighted by Gasteiger charge is 2.51. The minimum Gasteiger partial charge on any atom is -0.457 e. The minimum absolute atomic E-state index is 0.539. The van der Waals surface area contributed by atoms with Crippen LogP contribution in [0.25, 0.3) is 66.7 Å². The van der Waals surface area contributed by atoms with E-state index in [0.29, 0.717) is 0 Å². The van der Waals surface area contributed by atoms with E-state index in [0.717, 1.165) is 78.2 Å². The van der Waals surface area contributed by atoms with Gasteiger partial charge in [-0.1, -0.05) is 127 Å². The summed E-state index contributed by atoms with van der Waals surface area (Å²) in [6.07, 6.45) is 0. The summed E-state index contributed by atoms with van der Waals surface area (Å²) in [5, 5.41) is 2.10. The predicted octanol–water partition coefficient (Wildman–Crippen LogP) is 12.5. The molecule has 7 aromatic carbocycles. The summed E-state index contributed by atoms with van der Waals surface area (Å²) in [7, 11) is 0. The first-order valence-corrected chi connectivity index (χ1v) is 17.4. The highest BCUT2D eigenvalue weighted by atomic mass is 16.5. The molecule has 0 radical (unpaired) electrons. The molecule has 1 spiro atoms. The molecule has 51 heavy (non-hydrogen) atoms. The van der Waals surface area contributed by atoms with Crippen molar-refractivity contribution in [2.45, 2.75) is 5.41 Å². The van der Waals surface area contributed by atoms with Crippen LogP contribution in [0.1, 0.15) is 22.3 Å². The van der Waals surface area contributed by atoms with Gasteiger partial charge in [0.25, 0.3) is 0 Å². The highest BCUT2D eigenvalue weighted by Crippen LogP contribution is 2.62. The Morgan fingerprint density at radius 1 is 0.373 bits per heavy atom. The summed E-state index contributed by atoms with van der Waals surface area (Å²) < 4.78 is 13.3. The first-order chi connectivity index (χ1) is 25.3. The van der Waals surface area contributed by atoms with Crippen LogP contribution in [0, 0.1) is 0 Å². The van der Waals surface area contributed by atoms with Gasteiger partial charge in [-0.25, -0.2) is 4.98 Å². The largest absolute Gasteiger partial charge is 0.457 e. The normalized spacial score (nSPS) is 13.4. The second-order valence-electron chi connectivity index (χ2n) is 13.5. The van der Waals surface area contributed by atoms with Crippen LogP contribution in [-0.4, -0.2) is 4.98 Å². The molecule has 0 bridgehead atoms. The Labute approximate surface area is 295 Å². The SMILES string of the molecule is c1ccc(-c2cc(-c3ccccc3)nc(-c3ccc4oc5cc6c(cc5c4c3)C3(c4ccccc4O6)c4ccccc4-c4ccccc43)c2)cc1. The van der Waals surface area contributed by atoms with E-state index in [2.05, 4.69) is 170 Å². The van der Waals surface area contributed by atoms with Crippen LogP contribution in [0.4, 0.5) is 0 Å². The molecule has 3 heteroatoms. The van der Waals surface area contributed by atoms with Crippen molar-refractivity contribution >= 4 is 21.9 Å². The van der Waals surface area contributed by atoms with E-state index in [1.54, 1.807) is 0 Å². The maximum absolute atomic E-state index is 6.73. The number of rotatable bonds is 3. The Bertz CT molecular complexity index is 2730. The van der Waals surface area contributed by atoms with Crippen LogP contribution in [0.2, 0.25) is 0 Å². The molecule has 0 N–H and O–H groups in total. The predicted molar refractivity (Wildman–Crippen MR) is 205 cm³/mol. The van der Waals surface area contributed by atoms with Crippen LogP contribution in [-0.2, 0) is 5.41 Å². The van der Waals surface area contributed by atoms with Gasteiger partial charge in [0.15, 0.2) is 0 Å². The molecular weight excluding hydrogens is 623 g/mol. The van der Waals surface area contributed by atoms with Crippen LogP contribution in [0.3, 0.4) is 0 Å².